The largest absolute Gasteiger partial charge is 0.505 e. The number of rotatable bonds is 8. The predicted octanol–water partition coefficient (Wildman–Crippen LogP) is 4.77. The van der Waals surface area contributed by atoms with Crippen LogP contribution in [0, 0.1) is 0 Å². The maximum absolute atomic E-state index is 15.1. The van der Waals surface area contributed by atoms with E-state index in [1.54, 1.807) is 20.8 Å². The van der Waals surface area contributed by atoms with Gasteiger partial charge in [0.2, 0.25) is 0 Å². The number of thiazole rings is 1. The summed E-state index contributed by atoms with van der Waals surface area (Å²) in [6.45, 7) is 5.39. The molecular weight excluding hydrogens is 672 g/mol. The molecule has 1 atom stereocenters. The maximum atomic E-state index is 15.1. The zero-order valence-electron chi connectivity index (χ0n) is 27.5. The molecule has 0 aliphatic carbocycles. The van der Waals surface area contributed by atoms with Crippen LogP contribution in [0.5, 0.6) is 5.75 Å². The molecule has 1 aromatic heterocycles. The zero-order valence-corrected chi connectivity index (χ0v) is 28.3. The Morgan fingerprint density at radius 1 is 1.12 bits per heavy atom. The number of halogens is 4. The summed E-state index contributed by atoms with van der Waals surface area (Å²) in [6, 6.07) is 10.9. The molecule has 3 aromatic rings. The average Bonchev–Trinajstić information content (AvgIpc) is 3.34. The Morgan fingerprint density at radius 2 is 1.80 bits per heavy atom. The van der Waals surface area contributed by atoms with Gasteiger partial charge in [0.15, 0.2) is 0 Å². The summed E-state index contributed by atoms with van der Waals surface area (Å²) in [7, 11) is 0. The van der Waals surface area contributed by atoms with E-state index in [4.69, 9.17) is 9.47 Å². The molecule has 0 radical (unpaired) electrons. The van der Waals surface area contributed by atoms with E-state index in [1.165, 1.54) is 11.0 Å². The number of ether oxygens (including phenoxy) is 2. The first-order chi connectivity index (χ1) is 23.0. The van der Waals surface area contributed by atoms with Crippen LogP contribution in [-0.4, -0.2) is 105 Å². The van der Waals surface area contributed by atoms with E-state index in [9.17, 15) is 37.8 Å². The quantitative estimate of drug-likeness (QED) is 0.321. The Labute approximate surface area is 284 Å². The zero-order chi connectivity index (χ0) is 35.7. The van der Waals surface area contributed by atoms with Gasteiger partial charge in [-0.15, -0.1) is 4.79 Å². The number of benzene rings is 2. The summed E-state index contributed by atoms with van der Waals surface area (Å²) >= 11 is 0.512. The highest BCUT2D eigenvalue weighted by molar-refractivity contribution is 7.16. The summed E-state index contributed by atoms with van der Waals surface area (Å²) in [6.07, 6.45) is -6.00. The lowest BCUT2D eigenvalue weighted by Crippen LogP contribution is -2.59. The van der Waals surface area contributed by atoms with Gasteiger partial charge in [0, 0.05) is 43.9 Å². The normalized spacial score (nSPS) is 17.8. The lowest BCUT2D eigenvalue weighted by molar-refractivity contribution is -0.200. The summed E-state index contributed by atoms with van der Waals surface area (Å²) in [5.41, 5.74) is -0.887. The van der Waals surface area contributed by atoms with Crippen LogP contribution >= 0.6 is 11.3 Å². The predicted molar refractivity (Wildman–Crippen MR) is 173 cm³/mol. The van der Waals surface area contributed by atoms with Gasteiger partial charge in [-0.1, -0.05) is 46.1 Å². The molecule has 268 valence electrons. The molecule has 0 bridgehead atoms. The fraction of sp³-hybridized carbons (Fsp3) is 0.545. The number of piperidine rings is 1. The van der Waals surface area contributed by atoms with Crippen molar-refractivity contribution in [1.82, 2.24) is 19.5 Å². The molecule has 0 unspecified atom stereocenters. The number of phenols is 1. The number of phenolic OH excluding ortho intramolecular Hbond substituents is 1. The van der Waals surface area contributed by atoms with Gasteiger partial charge >= 0.3 is 23.0 Å². The standard InChI is InChI=1S/C33H40F4N4O7S/c1-31(2,3)48-29(45)39(12-9-21-7-5-4-6-8-21)19-24(42)23-17-22(26(43)25-27(23)49-30(46)41(25)37)18-38-13-10-32(11-14-38)20-40(15-16-47-32)28(44)33(34,35)36/h4-8,17,24,42-43H,9-16,18-20H2,1-3H3/t24-/m0/s1. The number of carbonyl (C=O) groups excluding carboxylic acids is 2. The van der Waals surface area contributed by atoms with E-state index in [2.05, 4.69) is 0 Å². The number of amides is 2. The molecular formula is C33H40F4N4O7S. The van der Waals surface area contributed by atoms with Crippen molar-refractivity contribution in [1.29, 1.82) is 0 Å². The number of alkyl halides is 3. The Bertz CT molecular complexity index is 1720. The van der Waals surface area contributed by atoms with E-state index >= 15 is 4.48 Å². The Hall–Kier alpha value is -3.73. The van der Waals surface area contributed by atoms with Gasteiger partial charge in [0.1, 0.15) is 16.9 Å². The molecule has 2 aliphatic rings. The van der Waals surface area contributed by atoms with Crippen molar-refractivity contribution in [3.8, 4) is 5.75 Å². The molecule has 0 saturated carbocycles. The third kappa shape index (κ3) is 8.53. The SMILES string of the molecule is CC(C)(C)OC(=O)N(CCc1ccccc1)C[C@H](O)c1cc(CN2CCC3(CC2)CN(C(=O)C(F)(F)F)CCO3)c(O)c2c1sc(=O)n2F. The number of aliphatic hydroxyl groups is 1. The summed E-state index contributed by atoms with van der Waals surface area (Å²) < 4.78 is 65.8. The first kappa shape index (κ1) is 36.5. The Morgan fingerprint density at radius 3 is 2.43 bits per heavy atom. The van der Waals surface area contributed by atoms with E-state index in [-0.39, 0.29) is 59.9 Å². The van der Waals surface area contributed by atoms with Crippen molar-refractivity contribution >= 4 is 33.6 Å². The number of likely N-dealkylation sites (tertiary alicyclic amines) is 1. The second-order valence-electron chi connectivity index (χ2n) is 13.5. The first-order valence-corrected chi connectivity index (χ1v) is 16.8. The smallest absolute Gasteiger partial charge is 0.471 e. The molecule has 3 heterocycles. The highest BCUT2D eigenvalue weighted by Crippen LogP contribution is 2.39. The topological polar surface area (TPSA) is 125 Å². The summed E-state index contributed by atoms with van der Waals surface area (Å²) in [5, 5.41) is 22.7. The monoisotopic (exact) mass is 712 g/mol. The second kappa shape index (κ2) is 14.2. The molecule has 2 aliphatic heterocycles. The number of hydrogen-bond donors (Lipinski definition) is 2. The van der Waals surface area contributed by atoms with Crippen molar-refractivity contribution in [2.75, 3.05) is 45.9 Å². The number of nitrogens with zero attached hydrogens (tertiary/aromatic N) is 4. The fourth-order valence-corrected chi connectivity index (χ4v) is 7.19. The van der Waals surface area contributed by atoms with Crippen molar-refractivity contribution < 1.29 is 46.9 Å². The third-order valence-corrected chi connectivity index (χ3v) is 9.71. The van der Waals surface area contributed by atoms with Crippen LogP contribution in [0.2, 0.25) is 0 Å². The molecule has 5 rings (SSSR count). The van der Waals surface area contributed by atoms with Crippen LogP contribution in [0.4, 0.5) is 22.4 Å². The van der Waals surface area contributed by atoms with Gasteiger partial charge in [-0.25, -0.2) is 4.79 Å². The van der Waals surface area contributed by atoms with E-state index in [1.807, 2.05) is 35.2 Å². The molecule has 2 aromatic carbocycles. The van der Waals surface area contributed by atoms with E-state index < -0.39 is 51.6 Å². The van der Waals surface area contributed by atoms with Gasteiger partial charge in [0.25, 0.3) is 0 Å². The minimum absolute atomic E-state index is 0.0241. The number of aliphatic hydroxyl groups excluding tert-OH is 1. The Kier molecular flexibility index (Phi) is 10.6. The number of morpholine rings is 1. The highest BCUT2D eigenvalue weighted by Gasteiger charge is 2.48. The highest BCUT2D eigenvalue weighted by atomic mass is 32.1. The van der Waals surface area contributed by atoms with Crippen molar-refractivity contribution in [3.05, 3.63) is 62.8 Å². The van der Waals surface area contributed by atoms with Gasteiger partial charge in [-0.3, -0.25) is 14.5 Å². The maximum Gasteiger partial charge on any atom is 0.471 e. The molecule has 2 amide bonds. The van der Waals surface area contributed by atoms with Crippen LogP contribution in [0.1, 0.15) is 56.4 Å². The van der Waals surface area contributed by atoms with Gasteiger partial charge in [0.05, 0.1) is 36.1 Å². The van der Waals surface area contributed by atoms with Crippen molar-refractivity contribution in [2.45, 2.75) is 70.1 Å². The van der Waals surface area contributed by atoms with Crippen LogP contribution < -0.4 is 4.87 Å². The first-order valence-electron chi connectivity index (χ1n) is 16.0. The van der Waals surface area contributed by atoms with Gasteiger partial charge < -0.3 is 29.5 Å². The molecule has 16 heteroatoms. The number of fused-ring (bicyclic) bond motifs is 1. The van der Waals surface area contributed by atoms with Crippen LogP contribution in [0.25, 0.3) is 10.2 Å². The molecule has 2 saturated heterocycles. The number of aromatic hydroxyl groups is 1. The van der Waals surface area contributed by atoms with Crippen LogP contribution in [-0.2, 0) is 27.2 Å². The van der Waals surface area contributed by atoms with Gasteiger partial charge in [-0.05, 0) is 51.7 Å². The third-order valence-electron chi connectivity index (χ3n) is 8.74. The lowest BCUT2D eigenvalue weighted by Gasteiger charge is -2.47. The fourth-order valence-electron chi connectivity index (χ4n) is 6.25. The van der Waals surface area contributed by atoms with Crippen molar-refractivity contribution in [2.24, 2.45) is 0 Å². The van der Waals surface area contributed by atoms with Crippen LogP contribution in [0.3, 0.4) is 0 Å². The number of hydrogen-bond acceptors (Lipinski definition) is 9. The molecule has 2 N–H and O–H groups in total. The minimum atomic E-state index is -4.98. The lowest BCUT2D eigenvalue weighted by atomic mass is 9.89. The molecule has 1 spiro atoms. The second-order valence-corrected chi connectivity index (χ2v) is 14.5. The summed E-state index contributed by atoms with van der Waals surface area (Å²) in [4.78, 5) is 40.4. The van der Waals surface area contributed by atoms with Crippen molar-refractivity contribution in [3.63, 3.8) is 0 Å². The summed E-state index contributed by atoms with van der Waals surface area (Å²) in [5.74, 6) is -2.39. The van der Waals surface area contributed by atoms with Gasteiger partial charge in [-0.2, -0.15) is 13.2 Å². The molecule has 2 fully saturated rings. The van der Waals surface area contributed by atoms with E-state index in [0.717, 1.165) is 10.5 Å². The number of aromatic nitrogens is 1. The molecule has 49 heavy (non-hydrogen) atoms. The molecule has 11 nitrogen and oxygen atoms in total. The number of carbonyl (C=O) groups is 2. The van der Waals surface area contributed by atoms with E-state index in [0.29, 0.717) is 43.7 Å². The van der Waals surface area contributed by atoms with Crippen LogP contribution in [0.15, 0.2) is 41.2 Å². The minimum Gasteiger partial charge on any atom is -0.505 e. The average molecular weight is 713 g/mol. The Balaban J connectivity index is 1.36.